The van der Waals surface area contributed by atoms with Crippen LogP contribution in [0.15, 0.2) is 127 Å². The van der Waals surface area contributed by atoms with E-state index in [9.17, 15) is 0 Å². The van der Waals surface area contributed by atoms with E-state index < -0.39 is 0 Å². The predicted octanol–water partition coefficient (Wildman–Crippen LogP) is 10.2. The Labute approximate surface area is 235 Å². The number of benzene rings is 6. The number of aromatic amines is 3. The van der Waals surface area contributed by atoms with Gasteiger partial charge in [0.1, 0.15) is 0 Å². The highest BCUT2D eigenvalue weighted by Gasteiger charge is 2.18. The fourth-order valence-corrected chi connectivity index (χ4v) is 6.67. The number of H-pyrrole nitrogens is 3. The standard InChI is InChI=1S/C38H25N3/c1-4-19-33-24(11-1)27-14-7-10-23(36(27)39-33)22-32(30-17-8-15-28-25-12-2-5-20-34(25)40-37(28)30)31-18-9-16-29-26-13-3-6-21-35(26)41-38(29)31/h1-22,39-41H. The summed E-state index contributed by atoms with van der Waals surface area (Å²) in [6, 6.07) is 45.6. The predicted molar refractivity (Wildman–Crippen MR) is 174 cm³/mol. The van der Waals surface area contributed by atoms with E-state index in [1.165, 1.54) is 49.0 Å². The van der Waals surface area contributed by atoms with Gasteiger partial charge in [0.2, 0.25) is 0 Å². The van der Waals surface area contributed by atoms with Gasteiger partial charge in [-0.25, -0.2) is 0 Å². The fraction of sp³-hybridized carbons (Fsp3) is 0. The number of rotatable bonds is 3. The zero-order valence-electron chi connectivity index (χ0n) is 22.2. The summed E-state index contributed by atoms with van der Waals surface area (Å²) < 4.78 is 0. The first-order chi connectivity index (χ1) is 20.3. The van der Waals surface area contributed by atoms with Gasteiger partial charge < -0.3 is 15.0 Å². The second kappa shape index (κ2) is 8.48. The maximum absolute atomic E-state index is 3.76. The van der Waals surface area contributed by atoms with Gasteiger partial charge in [-0.3, -0.25) is 0 Å². The van der Waals surface area contributed by atoms with E-state index in [4.69, 9.17) is 0 Å². The summed E-state index contributed by atoms with van der Waals surface area (Å²) in [5, 5.41) is 7.43. The lowest BCUT2D eigenvalue weighted by Crippen LogP contribution is -1.92. The normalized spacial score (nSPS) is 11.9. The fourth-order valence-electron chi connectivity index (χ4n) is 6.67. The molecule has 0 amide bonds. The molecule has 0 fully saturated rings. The van der Waals surface area contributed by atoms with E-state index in [0.29, 0.717) is 0 Å². The third kappa shape index (κ3) is 3.26. The van der Waals surface area contributed by atoms with Gasteiger partial charge in [0.05, 0.1) is 16.6 Å². The molecule has 0 atom stereocenters. The summed E-state index contributed by atoms with van der Waals surface area (Å²) in [6.45, 7) is 0. The second-order valence-corrected chi connectivity index (χ2v) is 10.8. The third-order valence-electron chi connectivity index (χ3n) is 8.54. The SMILES string of the molecule is C(=C(c1cccc2c1[nH]c1ccccc12)c1cccc2c1[nH]c1ccccc12)c1cccc2c1[nH]c1ccccc12. The maximum Gasteiger partial charge on any atom is 0.0544 e. The monoisotopic (exact) mass is 523 g/mol. The number of fused-ring (bicyclic) bond motifs is 9. The van der Waals surface area contributed by atoms with Crippen molar-refractivity contribution >= 4 is 77.1 Å². The Hall–Kier alpha value is -5.54. The van der Waals surface area contributed by atoms with E-state index >= 15 is 0 Å². The molecule has 0 spiro atoms. The van der Waals surface area contributed by atoms with Gasteiger partial charge >= 0.3 is 0 Å². The van der Waals surface area contributed by atoms with Crippen molar-refractivity contribution in [3.05, 3.63) is 144 Å². The lowest BCUT2D eigenvalue weighted by molar-refractivity contribution is 1.49. The molecule has 0 bridgehead atoms. The third-order valence-corrected chi connectivity index (χ3v) is 8.54. The number of hydrogen-bond donors (Lipinski definition) is 3. The summed E-state index contributed by atoms with van der Waals surface area (Å²) in [5.74, 6) is 0. The lowest BCUT2D eigenvalue weighted by atomic mass is 9.92. The molecule has 0 unspecified atom stereocenters. The first kappa shape index (κ1) is 22.3. The van der Waals surface area contributed by atoms with Crippen LogP contribution in [0, 0.1) is 0 Å². The van der Waals surface area contributed by atoms with Crippen molar-refractivity contribution in [3.8, 4) is 0 Å². The highest BCUT2D eigenvalue weighted by Crippen LogP contribution is 2.39. The summed E-state index contributed by atoms with van der Waals surface area (Å²) >= 11 is 0. The van der Waals surface area contributed by atoms with Gasteiger partial charge in [0, 0.05) is 60.0 Å². The molecule has 0 aliphatic carbocycles. The molecule has 41 heavy (non-hydrogen) atoms. The van der Waals surface area contributed by atoms with Crippen molar-refractivity contribution in [2.24, 2.45) is 0 Å². The molecule has 0 saturated carbocycles. The van der Waals surface area contributed by atoms with E-state index in [1.807, 2.05) is 0 Å². The van der Waals surface area contributed by atoms with Crippen LogP contribution in [0.4, 0.5) is 0 Å². The van der Waals surface area contributed by atoms with Gasteiger partial charge in [0.15, 0.2) is 0 Å². The zero-order chi connectivity index (χ0) is 26.9. The first-order valence-electron chi connectivity index (χ1n) is 14.0. The Kier molecular flexibility index (Phi) is 4.61. The Morgan fingerprint density at radius 3 is 1.27 bits per heavy atom. The van der Waals surface area contributed by atoms with Crippen molar-refractivity contribution in [3.63, 3.8) is 0 Å². The molecular formula is C38H25N3. The highest BCUT2D eigenvalue weighted by molar-refractivity contribution is 6.18. The summed E-state index contributed by atoms with van der Waals surface area (Å²) in [7, 11) is 0. The molecule has 0 aliphatic heterocycles. The van der Waals surface area contributed by atoms with Crippen molar-refractivity contribution in [2.75, 3.05) is 0 Å². The van der Waals surface area contributed by atoms with E-state index in [2.05, 4.69) is 148 Å². The van der Waals surface area contributed by atoms with Gasteiger partial charge in [0.25, 0.3) is 0 Å². The van der Waals surface area contributed by atoms with Crippen molar-refractivity contribution < 1.29 is 0 Å². The molecular weight excluding hydrogens is 498 g/mol. The molecule has 3 aromatic heterocycles. The maximum atomic E-state index is 3.76. The molecule has 0 saturated heterocycles. The molecule has 3 heterocycles. The summed E-state index contributed by atoms with van der Waals surface area (Å²) in [4.78, 5) is 11.2. The minimum absolute atomic E-state index is 1.15. The average Bonchev–Trinajstić information content (AvgIpc) is 3.71. The Morgan fingerprint density at radius 1 is 0.366 bits per heavy atom. The van der Waals surface area contributed by atoms with E-state index in [-0.39, 0.29) is 0 Å². The van der Waals surface area contributed by atoms with Crippen LogP contribution in [0.2, 0.25) is 0 Å². The Morgan fingerprint density at radius 2 is 0.756 bits per heavy atom. The molecule has 192 valence electrons. The van der Waals surface area contributed by atoms with Crippen molar-refractivity contribution in [1.82, 2.24) is 15.0 Å². The van der Waals surface area contributed by atoms with Crippen molar-refractivity contribution in [2.45, 2.75) is 0 Å². The van der Waals surface area contributed by atoms with Crippen LogP contribution in [0.5, 0.6) is 0 Å². The van der Waals surface area contributed by atoms with E-state index in [1.54, 1.807) is 0 Å². The first-order valence-corrected chi connectivity index (χ1v) is 14.0. The van der Waals surface area contributed by atoms with Crippen LogP contribution in [0.3, 0.4) is 0 Å². The van der Waals surface area contributed by atoms with Gasteiger partial charge in [-0.2, -0.15) is 0 Å². The number of hydrogen-bond acceptors (Lipinski definition) is 0. The van der Waals surface area contributed by atoms with Crippen LogP contribution >= 0.6 is 0 Å². The molecule has 9 rings (SSSR count). The van der Waals surface area contributed by atoms with Crippen molar-refractivity contribution in [1.29, 1.82) is 0 Å². The lowest BCUT2D eigenvalue weighted by Gasteiger charge is -2.13. The molecule has 6 aromatic carbocycles. The molecule has 0 radical (unpaired) electrons. The topological polar surface area (TPSA) is 47.4 Å². The minimum Gasteiger partial charge on any atom is -0.354 e. The number of para-hydroxylation sites is 6. The molecule has 9 aromatic rings. The quantitative estimate of drug-likeness (QED) is 0.193. The van der Waals surface area contributed by atoms with Crippen LogP contribution in [0.25, 0.3) is 77.1 Å². The molecule has 3 heteroatoms. The second-order valence-electron chi connectivity index (χ2n) is 10.8. The molecule has 0 aliphatic rings. The average molecular weight is 524 g/mol. The largest absolute Gasteiger partial charge is 0.354 e. The van der Waals surface area contributed by atoms with E-state index in [0.717, 1.165) is 38.7 Å². The van der Waals surface area contributed by atoms with Crippen LogP contribution in [-0.2, 0) is 0 Å². The van der Waals surface area contributed by atoms with Crippen LogP contribution in [-0.4, -0.2) is 15.0 Å². The van der Waals surface area contributed by atoms with Gasteiger partial charge in [-0.15, -0.1) is 0 Å². The van der Waals surface area contributed by atoms with Crippen LogP contribution in [0.1, 0.15) is 16.7 Å². The number of aromatic nitrogens is 3. The summed E-state index contributed by atoms with van der Waals surface area (Å²) in [6.07, 6.45) is 2.36. The van der Waals surface area contributed by atoms with Gasteiger partial charge in [-0.05, 0) is 35.4 Å². The van der Waals surface area contributed by atoms with Crippen LogP contribution < -0.4 is 0 Å². The summed E-state index contributed by atoms with van der Waals surface area (Å²) in [5.41, 5.74) is 11.6. The molecule has 3 nitrogen and oxygen atoms in total. The van der Waals surface area contributed by atoms with Gasteiger partial charge in [-0.1, -0.05) is 109 Å². The zero-order valence-corrected chi connectivity index (χ0v) is 22.2. The molecule has 3 N–H and O–H groups in total. The highest BCUT2D eigenvalue weighted by atomic mass is 14.7. The Bertz CT molecular complexity index is 2370. The minimum atomic E-state index is 1.15. The Balaban J connectivity index is 1.41. The number of nitrogens with one attached hydrogen (secondary N) is 3. The smallest absolute Gasteiger partial charge is 0.0544 e.